The van der Waals surface area contributed by atoms with Crippen LogP contribution in [0.25, 0.3) is 0 Å². The molecule has 0 radical (unpaired) electrons. The number of amides is 2. The second-order valence-corrected chi connectivity index (χ2v) is 6.47. The highest BCUT2D eigenvalue weighted by Gasteiger charge is 2.33. The first-order valence-electron chi connectivity index (χ1n) is 8.47. The van der Waals surface area contributed by atoms with E-state index in [9.17, 15) is 24.3 Å². The summed E-state index contributed by atoms with van der Waals surface area (Å²) in [6, 6.07) is 12.4. The largest absolute Gasteiger partial charge is 0.505 e. The predicted octanol–water partition coefficient (Wildman–Crippen LogP) is 2.21. The minimum atomic E-state index is -0.789. The van der Waals surface area contributed by atoms with Crippen molar-refractivity contribution >= 4 is 17.5 Å². The number of anilines is 1. The third-order valence-electron chi connectivity index (χ3n) is 4.59. The molecular formula is C20H18FN3O3. The molecule has 1 fully saturated rings. The van der Waals surface area contributed by atoms with Crippen LogP contribution in [0.3, 0.4) is 0 Å². The van der Waals surface area contributed by atoms with E-state index in [-0.39, 0.29) is 37.4 Å². The summed E-state index contributed by atoms with van der Waals surface area (Å²) in [4.78, 5) is 28.2. The van der Waals surface area contributed by atoms with Gasteiger partial charge in [0, 0.05) is 12.6 Å². The minimum Gasteiger partial charge on any atom is -0.505 e. The number of carbonyl (C=O) groups is 2. The molecule has 0 unspecified atom stereocenters. The van der Waals surface area contributed by atoms with Crippen molar-refractivity contribution in [2.45, 2.75) is 19.4 Å². The molecule has 2 aromatic rings. The van der Waals surface area contributed by atoms with Gasteiger partial charge < -0.3 is 14.9 Å². The van der Waals surface area contributed by atoms with Gasteiger partial charge in [-0.1, -0.05) is 18.2 Å². The van der Waals surface area contributed by atoms with Gasteiger partial charge in [-0.3, -0.25) is 9.59 Å². The Hall–Kier alpha value is -3.40. The summed E-state index contributed by atoms with van der Waals surface area (Å²) in [6.45, 7) is 1.98. The first-order chi connectivity index (χ1) is 12.9. The molecule has 138 valence electrons. The average Bonchev–Trinajstić information content (AvgIpc) is 2.66. The van der Waals surface area contributed by atoms with Crippen LogP contribution in [0.1, 0.15) is 18.1 Å². The average molecular weight is 367 g/mol. The van der Waals surface area contributed by atoms with Crippen molar-refractivity contribution in [3.8, 4) is 11.8 Å². The lowest BCUT2D eigenvalue weighted by atomic mass is 10.1. The number of para-hydroxylation sites is 1. The quantitative estimate of drug-likeness (QED) is 0.901. The number of aromatic hydroxyl groups is 1. The Labute approximate surface area is 156 Å². The van der Waals surface area contributed by atoms with Crippen LogP contribution in [0.5, 0.6) is 5.75 Å². The first kappa shape index (κ1) is 18.4. The SMILES string of the molecule is C[C@@H]1CN(c2ccccc2C#N)C(=O)CN1C(=O)Cc1ccc(O)c(F)c1. The number of nitriles is 1. The van der Waals surface area contributed by atoms with Gasteiger partial charge in [0.15, 0.2) is 11.6 Å². The third kappa shape index (κ3) is 3.75. The second kappa shape index (κ2) is 7.46. The van der Waals surface area contributed by atoms with Crippen LogP contribution >= 0.6 is 0 Å². The molecule has 0 bridgehead atoms. The lowest BCUT2D eigenvalue weighted by Crippen LogP contribution is -2.57. The van der Waals surface area contributed by atoms with Gasteiger partial charge in [-0.05, 0) is 36.8 Å². The lowest BCUT2D eigenvalue weighted by molar-refractivity contribution is -0.138. The van der Waals surface area contributed by atoms with E-state index in [0.717, 1.165) is 6.07 Å². The normalized spacial score (nSPS) is 16.9. The number of benzene rings is 2. The Kier molecular flexibility index (Phi) is 5.08. The zero-order valence-corrected chi connectivity index (χ0v) is 14.7. The lowest BCUT2D eigenvalue weighted by Gasteiger charge is -2.39. The van der Waals surface area contributed by atoms with Gasteiger partial charge in [-0.25, -0.2) is 4.39 Å². The molecular weight excluding hydrogens is 349 g/mol. The van der Waals surface area contributed by atoms with E-state index in [1.807, 2.05) is 6.92 Å². The molecule has 7 heteroatoms. The summed E-state index contributed by atoms with van der Waals surface area (Å²) >= 11 is 0. The van der Waals surface area contributed by atoms with E-state index < -0.39 is 11.6 Å². The molecule has 2 amide bonds. The van der Waals surface area contributed by atoms with Gasteiger partial charge in [0.25, 0.3) is 0 Å². The Balaban J connectivity index is 1.75. The topological polar surface area (TPSA) is 84.6 Å². The maximum atomic E-state index is 13.5. The maximum absolute atomic E-state index is 13.5. The van der Waals surface area contributed by atoms with Crippen LogP contribution in [0.15, 0.2) is 42.5 Å². The molecule has 27 heavy (non-hydrogen) atoms. The molecule has 1 heterocycles. The predicted molar refractivity (Wildman–Crippen MR) is 96.5 cm³/mol. The molecule has 1 aliphatic heterocycles. The molecule has 1 N–H and O–H groups in total. The second-order valence-electron chi connectivity index (χ2n) is 6.47. The van der Waals surface area contributed by atoms with Crippen molar-refractivity contribution in [1.29, 1.82) is 5.26 Å². The molecule has 1 saturated heterocycles. The van der Waals surface area contributed by atoms with Gasteiger partial charge in [-0.15, -0.1) is 0 Å². The standard InChI is InChI=1S/C20H18FN3O3/c1-13-11-24(17-5-3-2-4-15(17)10-22)20(27)12-23(13)19(26)9-14-6-7-18(25)16(21)8-14/h2-8,13,25H,9,11-12H2,1H3/t13-/m1/s1. The molecule has 0 aromatic heterocycles. The van der Waals surface area contributed by atoms with E-state index >= 15 is 0 Å². The highest BCUT2D eigenvalue weighted by atomic mass is 19.1. The van der Waals surface area contributed by atoms with Crippen molar-refractivity contribution in [2.24, 2.45) is 0 Å². The van der Waals surface area contributed by atoms with Crippen molar-refractivity contribution in [1.82, 2.24) is 4.90 Å². The molecule has 6 nitrogen and oxygen atoms in total. The summed E-state index contributed by atoms with van der Waals surface area (Å²) in [6.07, 6.45) is -0.0659. The molecule has 1 atom stereocenters. The number of phenols is 1. The highest BCUT2D eigenvalue weighted by molar-refractivity contribution is 5.99. The van der Waals surface area contributed by atoms with E-state index in [1.165, 1.54) is 21.9 Å². The van der Waals surface area contributed by atoms with Crippen LogP contribution in [-0.2, 0) is 16.0 Å². The number of hydrogen-bond acceptors (Lipinski definition) is 4. The summed E-state index contributed by atoms with van der Waals surface area (Å²) in [7, 11) is 0. The summed E-state index contributed by atoms with van der Waals surface area (Å²) < 4.78 is 13.5. The van der Waals surface area contributed by atoms with Gasteiger partial charge in [-0.2, -0.15) is 5.26 Å². The zero-order chi connectivity index (χ0) is 19.6. The number of hydrogen-bond donors (Lipinski definition) is 1. The number of carbonyl (C=O) groups excluding carboxylic acids is 2. The van der Waals surface area contributed by atoms with E-state index in [1.54, 1.807) is 24.3 Å². The number of piperazine rings is 1. The van der Waals surface area contributed by atoms with Gasteiger partial charge in [0.1, 0.15) is 12.6 Å². The Bertz CT molecular complexity index is 938. The van der Waals surface area contributed by atoms with Crippen LogP contribution in [-0.4, -0.2) is 41.0 Å². The Morgan fingerprint density at radius 3 is 2.78 bits per heavy atom. The molecule has 2 aromatic carbocycles. The molecule has 0 saturated carbocycles. The third-order valence-corrected chi connectivity index (χ3v) is 4.59. The number of phenolic OH excluding ortho intramolecular Hbond substituents is 1. The summed E-state index contributed by atoms with van der Waals surface area (Å²) in [5.41, 5.74) is 1.36. The molecule has 0 spiro atoms. The molecule has 3 rings (SSSR count). The summed E-state index contributed by atoms with van der Waals surface area (Å²) in [5, 5.41) is 18.5. The Morgan fingerprint density at radius 1 is 1.33 bits per heavy atom. The maximum Gasteiger partial charge on any atom is 0.246 e. The van der Waals surface area contributed by atoms with Crippen molar-refractivity contribution in [2.75, 3.05) is 18.0 Å². The fourth-order valence-electron chi connectivity index (χ4n) is 3.16. The van der Waals surface area contributed by atoms with Crippen LogP contribution in [0.2, 0.25) is 0 Å². The Morgan fingerprint density at radius 2 is 2.07 bits per heavy atom. The van der Waals surface area contributed by atoms with Gasteiger partial charge in [0.05, 0.1) is 17.7 Å². The van der Waals surface area contributed by atoms with Gasteiger partial charge in [0.2, 0.25) is 11.8 Å². The van der Waals surface area contributed by atoms with E-state index in [4.69, 9.17) is 0 Å². The van der Waals surface area contributed by atoms with Crippen molar-refractivity contribution in [3.05, 3.63) is 59.4 Å². The van der Waals surface area contributed by atoms with Crippen molar-refractivity contribution in [3.63, 3.8) is 0 Å². The number of nitrogens with zero attached hydrogens (tertiary/aromatic N) is 3. The first-order valence-corrected chi connectivity index (χ1v) is 8.47. The minimum absolute atomic E-state index is 0.0659. The summed E-state index contributed by atoms with van der Waals surface area (Å²) in [5.74, 6) is -1.84. The van der Waals surface area contributed by atoms with E-state index in [0.29, 0.717) is 16.8 Å². The molecule has 1 aliphatic rings. The fourth-order valence-corrected chi connectivity index (χ4v) is 3.16. The van der Waals surface area contributed by atoms with Gasteiger partial charge >= 0.3 is 0 Å². The van der Waals surface area contributed by atoms with Crippen LogP contribution < -0.4 is 4.90 Å². The highest BCUT2D eigenvalue weighted by Crippen LogP contribution is 2.24. The fraction of sp³-hybridized carbons (Fsp3) is 0.250. The van der Waals surface area contributed by atoms with E-state index in [2.05, 4.69) is 6.07 Å². The monoisotopic (exact) mass is 367 g/mol. The smallest absolute Gasteiger partial charge is 0.246 e. The number of halogens is 1. The van der Waals surface area contributed by atoms with Crippen LogP contribution in [0.4, 0.5) is 10.1 Å². The van der Waals surface area contributed by atoms with Crippen LogP contribution in [0, 0.1) is 17.1 Å². The number of rotatable bonds is 3. The zero-order valence-electron chi connectivity index (χ0n) is 14.7. The molecule has 0 aliphatic carbocycles. The van der Waals surface area contributed by atoms with Crippen molar-refractivity contribution < 1.29 is 19.1 Å².